The zero-order chi connectivity index (χ0) is 33.6. The zero-order valence-corrected chi connectivity index (χ0v) is 24.9. The minimum atomic E-state index is -5.08. The maximum Gasteiger partial charge on any atom is 0.490 e. The number of ketones is 1. The Morgan fingerprint density at radius 2 is 1.56 bits per heavy atom. The minimum absolute atomic E-state index is 0.0761. The SMILES string of the molecule is NCCCCC(NC(=O)C1CCC1)C(=O)NC(Cc1ccccc1)C(=O)CCC(=O)N1CCCC1C(=O)O.O=C(O)C(F)(F)F. The van der Waals surface area contributed by atoms with Crippen molar-refractivity contribution < 1.29 is 52.2 Å². The molecule has 0 radical (unpaired) electrons. The Hall–Kier alpha value is -4.01. The van der Waals surface area contributed by atoms with Crippen molar-refractivity contribution in [3.63, 3.8) is 0 Å². The predicted molar refractivity (Wildman–Crippen MR) is 155 cm³/mol. The molecule has 3 amide bonds. The topological polar surface area (TPSA) is 196 Å². The molecule has 15 heteroatoms. The number of rotatable bonds is 15. The van der Waals surface area contributed by atoms with E-state index >= 15 is 0 Å². The predicted octanol–water partition coefficient (Wildman–Crippen LogP) is 2.19. The van der Waals surface area contributed by atoms with E-state index < -0.39 is 42.1 Å². The van der Waals surface area contributed by atoms with Gasteiger partial charge in [0, 0.05) is 25.3 Å². The molecule has 2 fully saturated rings. The van der Waals surface area contributed by atoms with Gasteiger partial charge in [0.25, 0.3) is 0 Å². The molecular formula is C30H41F3N4O8. The highest BCUT2D eigenvalue weighted by Crippen LogP contribution is 2.26. The third-order valence-electron chi connectivity index (χ3n) is 7.73. The van der Waals surface area contributed by atoms with Crippen LogP contribution in [0.3, 0.4) is 0 Å². The number of carboxylic acids is 2. The Labute approximate surface area is 258 Å². The molecule has 1 saturated carbocycles. The molecule has 6 N–H and O–H groups in total. The van der Waals surface area contributed by atoms with Crippen LogP contribution in [0.1, 0.15) is 69.8 Å². The second kappa shape index (κ2) is 18.1. The van der Waals surface area contributed by atoms with Gasteiger partial charge in [-0.15, -0.1) is 0 Å². The van der Waals surface area contributed by atoms with Crippen LogP contribution in [-0.4, -0.2) is 87.9 Å². The number of nitrogens with one attached hydrogen (secondary N) is 2. The van der Waals surface area contributed by atoms with E-state index in [1.165, 1.54) is 4.90 Å². The van der Waals surface area contributed by atoms with Crippen molar-refractivity contribution in [1.29, 1.82) is 0 Å². The molecule has 3 rings (SSSR count). The number of alkyl halides is 3. The number of amides is 3. The van der Waals surface area contributed by atoms with E-state index in [0.29, 0.717) is 45.2 Å². The molecule has 45 heavy (non-hydrogen) atoms. The lowest BCUT2D eigenvalue weighted by atomic mass is 9.84. The van der Waals surface area contributed by atoms with Gasteiger partial charge in [0.05, 0.1) is 6.04 Å². The number of likely N-dealkylation sites (tertiary alicyclic amines) is 1. The standard InChI is InChI=1S/C28H40N4O6.C2HF3O2/c29-16-5-4-12-21(30-26(35)20-10-6-11-20)27(36)31-22(18-19-8-2-1-3-9-19)24(33)14-15-25(34)32-17-7-13-23(32)28(37)38;3-2(4,5)1(6)7/h1-3,8-9,20-23H,4-7,10-18,29H2,(H,30,35)(H,31,36)(H,37,38);(H,6,7). The number of carboxylic acid groups (broad SMARTS) is 2. The average Bonchev–Trinajstić information content (AvgIpc) is 3.45. The highest BCUT2D eigenvalue weighted by Gasteiger charge is 2.38. The number of Topliss-reactive ketones (excluding diaryl/α,β-unsaturated/α-hetero) is 1. The van der Waals surface area contributed by atoms with Crippen molar-refractivity contribution in [1.82, 2.24) is 15.5 Å². The number of halogens is 3. The van der Waals surface area contributed by atoms with Gasteiger partial charge in [-0.05, 0) is 63.5 Å². The molecule has 0 bridgehead atoms. The molecular weight excluding hydrogens is 601 g/mol. The number of hydrogen-bond donors (Lipinski definition) is 5. The molecule has 0 aromatic heterocycles. The van der Waals surface area contributed by atoms with Gasteiger partial charge in [0.15, 0.2) is 5.78 Å². The number of aliphatic carboxylic acids is 2. The van der Waals surface area contributed by atoms with Gasteiger partial charge in [0.1, 0.15) is 12.1 Å². The van der Waals surface area contributed by atoms with Gasteiger partial charge in [-0.25, -0.2) is 9.59 Å². The van der Waals surface area contributed by atoms with E-state index in [2.05, 4.69) is 10.6 Å². The van der Waals surface area contributed by atoms with Crippen LogP contribution in [0, 0.1) is 5.92 Å². The van der Waals surface area contributed by atoms with Crippen molar-refractivity contribution in [2.45, 2.75) is 94.9 Å². The van der Waals surface area contributed by atoms with Gasteiger partial charge < -0.3 is 31.5 Å². The molecule has 1 aromatic carbocycles. The molecule has 2 aliphatic rings. The second-order valence-electron chi connectivity index (χ2n) is 11.1. The van der Waals surface area contributed by atoms with Crippen LogP contribution >= 0.6 is 0 Å². The molecule has 1 aromatic rings. The van der Waals surface area contributed by atoms with E-state index in [-0.39, 0.29) is 42.8 Å². The van der Waals surface area contributed by atoms with E-state index in [0.717, 1.165) is 24.8 Å². The van der Waals surface area contributed by atoms with Crippen LogP contribution in [0.5, 0.6) is 0 Å². The Morgan fingerprint density at radius 3 is 2.09 bits per heavy atom. The van der Waals surface area contributed by atoms with Crippen molar-refractivity contribution in [3.8, 4) is 0 Å². The quantitative estimate of drug-likeness (QED) is 0.178. The first-order valence-corrected chi connectivity index (χ1v) is 14.9. The molecule has 1 aliphatic heterocycles. The fraction of sp³-hybridized carbons (Fsp3) is 0.600. The number of nitrogens with two attached hydrogens (primary N) is 1. The minimum Gasteiger partial charge on any atom is -0.480 e. The first kappa shape index (κ1) is 37.2. The smallest absolute Gasteiger partial charge is 0.480 e. The summed E-state index contributed by atoms with van der Waals surface area (Å²) in [4.78, 5) is 73.6. The van der Waals surface area contributed by atoms with Crippen LogP contribution in [0.25, 0.3) is 0 Å². The van der Waals surface area contributed by atoms with E-state index in [1.807, 2.05) is 30.3 Å². The summed E-state index contributed by atoms with van der Waals surface area (Å²) in [6.07, 6.45) is 0.342. The van der Waals surface area contributed by atoms with Crippen molar-refractivity contribution in [2.75, 3.05) is 13.1 Å². The van der Waals surface area contributed by atoms with Crippen LogP contribution in [0.2, 0.25) is 0 Å². The summed E-state index contributed by atoms with van der Waals surface area (Å²) < 4.78 is 31.7. The monoisotopic (exact) mass is 642 g/mol. The number of hydrogen-bond acceptors (Lipinski definition) is 7. The number of carbonyl (C=O) groups excluding carboxylic acids is 4. The fourth-order valence-corrected chi connectivity index (χ4v) is 4.96. The highest BCUT2D eigenvalue weighted by atomic mass is 19.4. The Bertz CT molecular complexity index is 1180. The number of nitrogens with zero attached hydrogens (tertiary/aromatic N) is 1. The highest BCUT2D eigenvalue weighted by molar-refractivity contribution is 5.95. The van der Waals surface area contributed by atoms with Crippen molar-refractivity contribution >= 4 is 35.4 Å². The van der Waals surface area contributed by atoms with E-state index in [1.54, 1.807) is 0 Å². The van der Waals surface area contributed by atoms with Gasteiger partial charge in [-0.3, -0.25) is 19.2 Å². The van der Waals surface area contributed by atoms with E-state index in [4.69, 9.17) is 15.6 Å². The first-order chi connectivity index (χ1) is 21.2. The molecule has 250 valence electrons. The molecule has 12 nitrogen and oxygen atoms in total. The second-order valence-corrected chi connectivity index (χ2v) is 11.1. The summed E-state index contributed by atoms with van der Waals surface area (Å²) in [7, 11) is 0. The summed E-state index contributed by atoms with van der Waals surface area (Å²) >= 11 is 0. The molecule has 3 unspecified atom stereocenters. The lowest BCUT2D eigenvalue weighted by molar-refractivity contribution is -0.192. The lowest BCUT2D eigenvalue weighted by Gasteiger charge is -2.28. The maximum absolute atomic E-state index is 13.3. The average molecular weight is 643 g/mol. The Kier molecular flexibility index (Phi) is 14.9. The fourth-order valence-electron chi connectivity index (χ4n) is 4.96. The molecule has 1 saturated heterocycles. The molecule has 3 atom stereocenters. The molecule has 1 aliphatic carbocycles. The van der Waals surface area contributed by atoms with Gasteiger partial charge >= 0.3 is 18.1 Å². The molecule has 1 heterocycles. The summed E-state index contributed by atoms with van der Waals surface area (Å²) in [5.74, 6) is -5.13. The number of benzene rings is 1. The molecule has 0 spiro atoms. The van der Waals surface area contributed by atoms with Crippen molar-refractivity contribution in [3.05, 3.63) is 35.9 Å². The summed E-state index contributed by atoms with van der Waals surface area (Å²) in [5.41, 5.74) is 6.46. The zero-order valence-electron chi connectivity index (χ0n) is 24.9. The summed E-state index contributed by atoms with van der Waals surface area (Å²) in [6, 6.07) is 6.74. The third-order valence-corrected chi connectivity index (χ3v) is 7.73. The normalized spacial score (nSPS) is 17.6. The number of unbranched alkanes of at least 4 members (excludes halogenated alkanes) is 1. The lowest BCUT2D eigenvalue weighted by Crippen LogP contribution is -2.53. The first-order valence-electron chi connectivity index (χ1n) is 14.9. The van der Waals surface area contributed by atoms with Gasteiger partial charge in [-0.1, -0.05) is 36.8 Å². The largest absolute Gasteiger partial charge is 0.490 e. The van der Waals surface area contributed by atoms with Gasteiger partial charge in [-0.2, -0.15) is 13.2 Å². The Morgan fingerprint density at radius 1 is 0.911 bits per heavy atom. The van der Waals surface area contributed by atoms with Crippen LogP contribution in [-0.2, 0) is 35.2 Å². The number of carbonyl (C=O) groups is 6. The van der Waals surface area contributed by atoms with Gasteiger partial charge in [0.2, 0.25) is 17.7 Å². The summed E-state index contributed by atoms with van der Waals surface area (Å²) in [5, 5.41) is 22.2. The van der Waals surface area contributed by atoms with Crippen LogP contribution in [0.4, 0.5) is 13.2 Å². The van der Waals surface area contributed by atoms with Crippen molar-refractivity contribution in [2.24, 2.45) is 11.7 Å². The van der Waals surface area contributed by atoms with Crippen LogP contribution in [0.15, 0.2) is 30.3 Å². The van der Waals surface area contributed by atoms with Crippen LogP contribution < -0.4 is 16.4 Å². The summed E-state index contributed by atoms with van der Waals surface area (Å²) in [6.45, 7) is 0.840. The maximum atomic E-state index is 13.3. The Balaban J connectivity index is 0.000000900. The van der Waals surface area contributed by atoms with E-state index in [9.17, 15) is 42.3 Å². The third kappa shape index (κ3) is 12.5.